The second-order valence-electron chi connectivity index (χ2n) is 5.83. The van der Waals surface area contributed by atoms with Crippen LogP contribution in [-0.2, 0) is 16.2 Å². The Balaban J connectivity index is 2.28. The molecule has 0 saturated heterocycles. The third kappa shape index (κ3) is 5.97. The number of carbonyl (C=O) groups is 1. The summed E-state index contributed by atoms with van der Waals surface area (Å²) < 4.78 is 106. The smallest absolute Gasteiger partial charge is 0.416 e. The highest BCUT2D eigenvalue weighted by Crippen LogP contribution is 2.33. The van der Waals surface area contributed by atoms with E-state index in [0.717, 1.165) is 31.5 Å². The number of carbonyl (C=O) groups excluding carboxylic acids is 1. The Hall–Kier alpha value is -2.54. The van der Waals surface area contributed by atoms with Crippen molar-refractivity contribution in [3.05, 3.63) is 53.3 Å². The average Bonchev–Trinajstić information content (AvgIpc) is 3.10. The van der Waals surface area contributed by atoms with Crippen molar-refractivity contribution < 1.29 is 44.0 Å². The molecule has 2 rings (SSSR count). The van der Waals surface area contributed by atoms with Crippen LogP contribution in [-0.4, -0.2) is 27.5 Å². The maximum absolute atomic E-state index is 12.9. The van der Waals surface area contributed by atoms with E-state index >= 15 is 0 Å². The highest BCUT2D eigenvalue weighted by atomic mass is 32.2. The van der Waals surface area contributed by atoms with E-state index in [0.29, 0.717) is 12.1 Å². The summed E-state index contributed by atoms with van der Waals surface area (Å²) in [6.45, 7) is 0. The monoisotopic (exact) mass is 444 g/mol. The van der Waals surface area contributed by atoms with Gasteiger partial charge in [0.25, 0.3) is 15.9 Å². The van der Waals surface area contributed by atoms with Crippen LogP contribution < -0.4 is 10.0 Å². The maximum atomic E-state index is 12.9. The molecule has 2 N–H and O–H groups in total. The third-order valence-electron chi connectivity index (χ3n) is 3.75. The van der Waals surface area contributed by atoms with Crippen LogP contribution in [0.15, 0.2) is 46.1 Å². The lowest BCUT2D eigenvalue weighted by Crippen LogP contribution is -2.31. The first-order chi connectivity index (χ1) is 13.2. The van der Waals surface area contributed by atoms with Gasteiger partial charge in [0, 0.05) is 6.07 Å². The quantitative estimate of drug-likeness (QED) is 0.667. The summed E-state index contributed by atoms with van der Waals surface area (Å²) in [5.74, 6) is -1.10. The maximum Gasteiger partial charge on any atom is 0.416 e. The van der Waals surface area contributed by atoms with Gasteiger partial charge in [-0.1, -0.05) is 12.1 Å². The molecule has 1 aromatic carbocycles. The summed E-state index contributed by atoms with van der Waals surface area (Å²) in [7, 11) is -2.94. The van der Waals surface area contributed by atoms with Gasteiger partial charge >= 0.3 is 12.4 Å². The predicted octanol–water partition coefficient (Wildman–Crippen LogP) is 3.63. The highest BCUT2D eigenvalue weighted by molar-refractivity contribution is 7.89. The fraction of sp³-hybridized carbons (Fsp3) is 0.312. The normalized spacial score (nSPS) is 13.9. The number of amides is 1. The Kier molecular flexibility index (Phi) is 6.33. The van der Waals surface area contributed by atoms with Gasteiger partial charge in [-0.25, -0.2) is 13.1 Å². The molecule has 0 aliphatic rings. The fourth-order valence-electron chi connectivity index (χ4n) is 2.31. The van der Waals surface area contributed by atoms with Gasteiger partial charge < -0.3 is 9.73 Å². The van der Waals surface area contributed by atoms with E-state index in [4.69, 9.17) is 4.42 Å². The fourth-order valence-corrected chi connectivity index (χ4v) is 2.96. The van der Waals surface area contributed by atoms with Crippen LogP contribution in [0.3, 0.4) is 0 Å². The van der Waals surface area contributed by atoms with Gasteiger partial charge in [-0.05, 0) is 24.7 Å². The molecule has 160 valence electrons. The summed E-state index contributed by atoms with van der Waals surface area (Å²) in [5.41, 5.74) is -1.65. The van der Waals surface area contributed by atoms with Crippen LogP contribution in [0.4, 0.5) is 26.3 Å². The van der Waals surface area contributed by atoms with Crippen LogP contribution in [0.1, 0.15) is 33.9 Å². The SMILES string of the molecule is CNS(=O)(=O)c1cc(C(=O)NC(CC(F)(F)F)c2ccc(C(F)(F)F)cc2)co1. The van der Waals surface area contributed by atoms with Gasteiger partial charge in [0.15, 0.2) is 0 Å². The minimum Gasteiger partial charge on any atom is -0.451 e. The first-order valence-electron chi connectivity index (χ1n) is 7.80. The molecule has 1 atom stereocenters. The number of rotatable bonds is 6. The van der Waals surface area contributed by atoms with Gasteiger partial charge in [-0.15, -0.1) is 0 Å². The summed E-state index contributed by atoms with van der Waals surface area (Å²) in [6, 6.07) is 1.94. The zero-order valence-electron chi connectivity index (χ0n) is 14.6. The van der Waals surface area contributed by atoms with Crippen molar-refractivity contribution in [1.29, 1.82) is 0 Å². The third-order valence-corrected chi connectivity index (χ3v) is 5.03. The summed E-state index contributed by atoms with van der Waals surface area (Å²) >= 11 is 0. The van der Waals surface area contributed by atoms with E-state index in [-0.39, 0.29) is 11.1 Å². The lowest BCUT2D eigenvalue weighted by atomic mass is 10.0. The average molecular weight is 444 g/mol. The van der Waals surface area contributed by atoms with Crippen LogP contribution >= 0.6 is 0 Å². The summed E-state index contributed by atoms with van der Waals surface area (Å²) in [4.78, 5) is 12.2. The number of halogens is 6. The van der Waals surface area contributed by atoms with E-state index in [9.17, 15) is 39.6 Å². The number of benzene rings is 1. The van der Waals surface area contributed by atoms with Crippen molar-refractivity contribution in [2.75, 3.05) is 7.05 Å². The first-order valence-corrected chi connectivity index (χ1v) is 9.28. The number of alkyl halides is 6. The van der Waals surface area contributed by atoms with Gasteiger partial charge in [0.1, 0.15) is 6.26 Å². The Morgan fingerprint density at radius 1 is 1.10 bits per heavy atom. The van der Waals surface area contributed by atoms with Crippen LogP contribution in [0, 0.1) is 0 Å². The van der Waals surface area contributed by atoms with Crippen LogP contribution in [0.25, 0.3) is 0 Å². The molecule has 1 amide bonds. The van der Waals surface area contributed by atoms with E-state index in [1.807, 2.05) is 10.0 Å². The van der Waals surface area contributed by atoms with Gasteiger partial charge in [0.05, 0.1) is 23.6 Å². The van der Waals surface area contributed by atoms with Crippen molar-refractivity contribution in [3.8, 4) is 0 Å². The molecule has 13 heteroatoms. The topological polar surface area (TPSA) is 88.4 Å². The standard InChI is InChI=1S/C16H14F6N2O4S/c1-23-29(26,27)13-6-10(8-28-13)14(25)24-12(7-15(17,18)19)9-2-4-11(5-3-9)16(20,21)22/h2-6,8,12,23H,7H2,1H3,(H,24,25). The van der Waals surface area contributed by atoms with Crippen molar-refractivity contribution >= 4 is 15.9 Å². The molecular weight excluding hydrogens is 430 g/mol. The van der Waals surface area contributed by atoms with Crippen LogP contribution in [0.5, 0.6) is 0 Å². The molecule has 6 nitrogen and oxygen atoms in total. The highest BCUT2D eigenvalue weighted by Gasteiger charge is 2.35. The molecular formula is C16H14F6N2O4S. The van der Waals surface area contributed by atoms with Crippen LogP contribution in [0.2, 0.25) is 0 Å². The molecule has 0 bridgehead atoms. The van der Waals surface area contributed by atoms with E-state index < -0.39 is 51.4 Å². The summed E-state index contributed by atoms with van der Waals surface area (Å²) in [6.07, 6.45) is -10.2. The van der Waals surface area contributed by atoms with Gasteiger partial charge in [-0.3, -0.25) is 4.79 Å². The van der Waals surface area contributed by atoms with Gasteiger partial charge in [0.2, 0.25) is 5.09 Å². The largest absolute Gasteiger partial charge is 0.451 e. The van der Waals surface area contributed by atoms with E-state index in [1.165, 1.54) is 0 Å². The lowest BCUT2D eigenvalue weighted by molar-refractivity contribution is -0.140. The lowest BCUT2D eigenvalue weighted by Gasteiger charge is -2.21. The van der Waals surface area contributed by atoms with Crippen molar-refractivity contribution in [2.24, 2.45) is 0 Å². The second kappa shape index (κ2) is 8.06. The summed E-state index contributed by atoms with van der Waals surface area (Å²) in [5, 5.41) is 1.40. The number of hydrogen-bond donors (Lipinski definition) is 2. The number of furan rings is 1. The zero-order valence-corrected chi connectivity index (χ0v) is 15.4. The van der Waals surface area contributed by atoms with E-state index in [1.54, 1.807) is 0 Å². The molecule has 0 aliphatic heterocycles. The number of nitrogens with one attached hydrogen (secondary N) is 2. The molecule has 1 aromatic heterocycles. The van der Waals surface area contributed by atoms with Gasteiger partial charge in [-0.2, -0.15) is 26.3 Å². The van der Waals surface area contributed by atoms with E-state index in [2.05, 4.69) is 0 Å². The minimum absolute atomic E-state index is 0.213. The Morgan fingerprint density at radius 3 is 2.17 bits per heavy atom. The predicted molar refractivity (Wildman–Crippen MR) is 87.3 cm³/mol. The Morgan fingerprint density at radius 2 is 1.69 bits per heavy atom. The molecule has 1 unspecified atom stereocenters. The van der Waals surface area contributed by atoms with Crippen molar-refractivity contribution in [1.82, 2.24) is 10.0 Å². The number of sulfonamides is 1. The molecule has 0 saturated carbocycles. The zero-order chi connectivity index (χ0) is 22.0. The number of hydrogen-bond acceptors (Lipinski definition) is 4. The molecule has 2 aromatic rings. The minimum atomic E-state index is -4.74. The Bertz CT molecular complexity index is 965. The molecule has 1 heterocycles. The molecule has 0 aliphatic carbocycles. The van der Waals surface area contributed by atoms with Crippen molar-refractivity contribution in [3.63, 3.8) is 0 Å². The Labute approximate surface area is 160 Å². The molecule has 29 heavy (non-hydrogen) atoms. The second-order valence-corrected chi connectivity index (χ2v) is 7.64. The first kappa shape index (κ1) is 22.7. The van der Waals surface area contributed by atoms with Crippen molar-refractivity contribution in [2.45, 2.75) is 29.9 Å². The molecule has 0 fully saturated rings. The molecule has 0 spiro atoms. The molecule has 0 radical (unpaired) electrons.